The summed E-state index contributed by atoms with van der Waals surface area (Å²) in [6, 6.07) is -0.419. The maximum atomic E-state index is 11.4. The lowest BCUT2D eigenvalue weighted by Gasteiger charge is -2.43. The summed E-state index contributed by atoms with van der Waals surface area (Å²) >= 11 is 0. The molecule has 0 saturated carbocycles. The van der Waals surface area contributed by atoms with E-state index >= 15 is 0 Å². The fourth-order valence-electron chi connectivity index (χ4n) is 2.00. The van der Waals surface area contributed by atoms with Crippen LogP contribution in [-0.4, -0.2) is 47.8 Å². The van der Waals surface area contributed by atoms with Gasteiger partial charge < -0.3 is 10.0 Å². The highest BCUT2D eigenvalue weighted by atomic mass is 16.3. The quantitative estimate of drug-likeness (QED) is 0.442. The summed E-state index contributed by atoms with van der Waals surface area (Å²) < 4.78 is 0. The van der Waals surface area contributed by atoms with E-state index in [0.717, 1.165) is 0 Å². The smallest absolute Gasteiger partial charge is 0.325 e. The molecule has 0 aromatic rings. The Bertz CT molecular complexity index is 281. The Labute approximate surface area is 81.3 Å². The lowest BCUT2D eigenvalue weighted by Crippen LogP contribution is -2.68. The van der Waals surface area contributed by atoms with Crippen molar-refractivity contribution in [3.05, 3.63) is 0 Å². The number of piperidine rings is 1. The summed E-state index contributed by atoms with van der Waals surface area (Å²) in [5.41, 5.74) is 0. The molecule has 2 aliphatic heterocycles. The third-order valence-electron chi connectivity index (χ3n) is 2.82. The number of amides is 3. The Morgan fingerprint density at radius 1 is 1.50 bits per heavy atom. The summed E-state index contributed by atoms with van der Waals surface area (Å²) in [5.74, 6) is -0.941. The zero-order valence-corrected chi connectivity index (χ0v) is 7.86. The van der Waals surface area contributed by atoms with Gasteiger partial charge in [0, 0.05) is 7.05 Å². The van der Waals surface area contributed by atoms with E-state index in [9.17, 15) is 14.7 Å². The van der Waals surface area contributed by atoms with E-state index in [1.165, 1.54) is 4.90 Å². The van der Waals surface area contributed by atoms with Crippen LogP contribution in [0.4, 0.5) is 4.79 Å². The maximum absolute atomic E-state index is 11.4. The fourth-order valence-corrected chi connectivity index (χ4v) is 2.00. The number of urea groups is 1. The number of nitrogens with zero attached hydrogens (tertiary/aromatic N) is 1. The van der Waals surface area contributed by atoms with Crippen molar-refractivity contribution < 1.29 is 14.7 Å². The van der Waals surface area contributed by atoms with E-state index in [2.05, 4.69) is 10.6 Å². The van der Waals surface area contributed by atoms with Gasteiger partial charge in [0.15, 0.2) is 0 Å². The Morgan fingerprint density at radius 3 is 2.93 bits per heavy atom. The number of carbonyl (C=O) groups excluding carboxylic acids is 2. The van der Waals surface area contributed by atoms with Crippen molar-refractivity contribution in [3.8, 4) is 0 Å². The van der Waals surface area contributed by atoms with Crippen molar-refractivity contribution >= 4 is 11.9 Å². The Morgan fingerprint density at radius 2 is 2.21 bits per heavy atom. The predicted molar refractivity (Wildman–Crippen MR) is 47.2 cm³/mol. The molecule has 0 aliphatic carbocycles. The third-order valence-corrected chi connectivity index (χ3v) is 2.82. The topological polar surface area (TPSA) is 81.7 Å². The van der Waals surface area contributed by atoms with Gasteiger partial charge in [0.05, 0.1) is 18.2 Å². The third kappa shape index (κ3) is 1.27. The molecule has 3 N–H and O–H groups in total. The number of hydrogen-bond donors (Lipinski definition) is 3. The van der Waals surface area contributed by atoms with Crippen LogP contribution >= 0.6 is 0 Å². The van der Waals surface area contributed by atoms with E-state index in [4.69, 9.17) is 0 Å². The van der Waals surface area contributed by atoms with Crippen molar-refractivity contribution in [2.75, 3.05) is 13.6 Å². The van der Waals surface area contributed by atoms with Gasteiger partial charge in [0.1, 0.15) is 0 Å². The normalized spacial score (nSPS) is 37.9. The van der Waals surface area contributed by atoms with Gasteiger partial charge in [-0.25, -0.2) is 4.79 Å². The van der Waals surface area contributed by atoms with Crippen molar-refractivity contribution in [1.29, 1.82) is 0 Å². The van der Waals surface area contributed by atoms with Gasteiger partial charge in [-0.05, 0) is 13.0 Å². The van der Waals surface area contributed by atoms with Crippen LogP contribution in [0.15, 0.2) is 0 Å². The van der Waals surface area contributed by atoms with Crippen LogP contribution in [0.1, 0.15) is 6.42 Å². The molecule has 6 heteroatoms. The highest BCUT2D eigenvalue weighted by Crippen LogP contribution is 2.22. The van der Waals surface area contributed by atoms with Gasteiger partial charge in [-0.1, -0.05) is 0 Å². The zero-order chi connectivity index (χ0) is 10.3. The molecule has 0 aromatic carbocycles. The standard InChI is InChI=1S/C8H13N3O3/c1-11-6-5(4(12)2-3-9-6)7(13)10-8(11)14/h4-6,9,12H,2-3H2,1H3,(H,10,13,14). The molecule has 6 nitrogen and oxygen atoms in total. The zero-order valence-electron chi connectivity index (χ0n) is 7.86. The maximum Gasteiger partial charge on any atom is 0.325 e. The number of rotatable bonds is 0. The second-order valence-corrected chi connectivity index (χ2v) is 3.69. The van der Waals surface area contributed by atoms with Crippen molar-refractivity contribution in [3.63, 3.8) is 0 Å². The largest absolute Gasteiger partial charge is 0.392 e. The molecule has 3 atom stereocenters. The Hall–Kier alpha value is -1.14. The fraction of sp³-hybridized carbons (Fsp3) is 0.750. The molecule has 0 bridgehead atoms. The number of hydrogen-bond acceptors (Lipinski definition) is 4. The molecule has 78 valence electrons. The van der Waals surface area contributed by atoms with E-state index in [-0.39, 0.29) is 6.17 Å². The first-order chi connectivity index (χ1) is 6.61. The first kappa shape index (κ1) is 9.42. The summed E-state index contributed by atoms with van der Waals surface area (Å²) in [6.45, 7) is 0.618. The lowest BCUT2D eigenvalue weighted by atomic mass is 9.90. The number of nitrogens with one attached hydrogen (secondary N) is 2. The van der Waals surface area contributed by atoms with Crippen molar-refractivity contribution in [1.82, 2.24) is 15.5 Å². The molecule has 3 unspecified atom stereocenters. The molecule has 2 saturated heterocycles. The minimum atomic E-state index is -0.670. The highest BCUT2D eigenvalue weighted by molar-refractivity contribution is 5.98. The summed E-state index contributed by atoms with van der Waals surface area (Å²) in [4.78, 5) is 24.1. The SMILES string of the molecule is CN1C(=O)NC(=O)C2C(O)CCNC21. The molecular weight excluding hydrogens is 186 g/mol. The van der Waals surface area contributed by atoms with Gasteiger partial charge >= 0.3 is 6.03 Å². The molecule has 3 amide bonds. The average molecular weight is 199 g/mol. The minimum Gasteiger partial charge on any atom is -0.392 e. The van der Waals surface area contributed by atoms with Gasteiger partial charge in [0.2, 0.25) is 5.91 Å². The molecular formula is C8H13N3O3. The van der Waals surface area contributed by atoms with E-state index in [1.54, 1.807) is 7.05 Å². The van der Waals surface area contributed by atoms with Crippen LogP contribution < -0.4 is 10.6 Å². The molecule has 0 spiro atoms. The predicted octanol–water partition coefficient (Wildman–Crippen LogP) is -1.54. The molecule has 14 heavy (non-hydrogen) atoms. The lowest BCUT2D eigenvalue weighted by molar-refractivity contribution is -0.135. The van der Waals surface area contributed by atoms with Gasteiger partial charge in [-0.3, -0.25) is 15.4 Å². The minimum absolute atomic E-state index is 0.375. The first-order valence-corrected chi connectivity index (χ1v) is 4.60. The number of aliphatic hydroxyl groups is 1. The number of fused-ring (bicyclic) bond motifs is 1. The monoisotopic (exact) mass is 199 g/mol. The van der Waals surface area contributed by atoms with Gasteiger partial charge in [-0.2, -0.15) is 0 Å². The summed E-state index contributed by atoms with van der Waals surface area (Å²) in [6.07, 6.45) is -0.506. The molecule has 0 radical (unpaired) electrons. The van der Waals surface area contributed by atoms with Crippen LogP contribution in [0.3, 0.4) is 0 Å². The number of aliphatic hydroxyl groups excluding tert-OH is 1. The molecule has 2 aliphatic rings. The number of imide groups is 1. The summed E-state index contributed by atoms with van der Waals surface area (Å²) in [5, 5.41) is 14.9. The van der Waals surface area contributed by atoms with E-state index in [0.29, 0.717) is 13.0 Å². The van der Waals surface area contributed by atoms with Crippen LogP contribution in [0.25, 0.3) is 0 Å². The molecule has 0 aromatic heterocycles. The van der Waals surface area contributed by atoms with E-state index < -0.39 is 24.0 Å². The highest BCUT2D eigenvalue weighted by Gasteiger charge is 2.45. The van der Waals surface area contributed by atoms with Crippen LogP contribution in [-0.2, 0) is 4.79 Å². The van der Waals surface area contributed by atoms with Crippen LogP contribution in [0, 0.1) is 5.92 Å². The Balaban J connectivity index is 2.24. The molecule has 2 rings (SSSR count). The summed E-state index contributed by atoms with van der Waals surface area (Å²) in [7, 11) is 1.60. The molecule has 2 heterocycles. The first-order valence-electron chi connectivity index (χ1n) is 4.60. The average Bonchev–Trinajstić information content (AvgIpc) is 2.14. The van der Waals surface area contributed by atoms with E-state index in [1.807, 2.05) is 0 Å². The second-order valence-electron chi connectivity index (χ2n) is 3.69. The second kappa shape index (κ2) is 3.21. The van der Waals surface area contributed by atoms with Crippen molar-refractivity contribution in [2.24, 2.45) is 5.92 Å². The van der Waals surface area contributed by atoms with Crippen molar-refractivity contribution in [2.45, 2.75) is 18.7 Å². The van der Waals surface area contributed by atoms with Gasteiger partial charge in [0.25, 0.3) is 0 Å². The number of carbonyl (C=O) groups is 2. The van der Waals surface area contributed by atoms with Crippen LogP contribution in [0.5, 0.6) is 0 Å². The van der Waals surface area contributed by atoms with Gasteiger partial charge in [-0.15, -0.1) is 0 Å². The molecule has 2 fully saturated rings. The van der Waals surface area contributed by atoms with Crippen LogP contribution in [0.2, 0.25) is 0 Å². The Kier molecular flexibility index (Phi) is 2.16.